The highest BCUT2D eigenvalue weighted by molar-refractivity contribution is 6.01. The number of fused-ring (bicyclic) bond motifs is 1. The van der Waals surface area contributed by atoms with Crippen molar-refractivity contribution in [2.75, 3.05) is 10.6 Å². The number of nitrogens with zero attached hydrogens (tertiary/aromatic N) is 3. The summed E-state index contributed by atoms with van der Waals surface area (Å²) in [6.07, 6.45) is 6.26. The summed E-state index contributed by atoms with van der Waals surface area (Å²) in [5.74, 6) is 0.209. The molecule has 1 aliphatic carbocycles. The minimum atomic E-state index is -0.216. The molecule has 0 radical (unpaired) electrons. The summed E-state index contributed by atoms with van der Waals surface area (Å²) in [6, 6.07) is 7.73. The number of benzene rings is 1. The average Bonchev–Trinajstić information content (AvgIpc) is 3.13. The standard InChI is InChI=1S/C17H18N6O2/c24-16(19-14-8-18-13-7-2-1-6-12(13)14)10-23-9-15(21-22-23)20-17(25)11-4-3-5-11/h1-2,6-9,11,18H,3-5,10H2,(H,19,24)(H,20,25). The first-order valence-electron chi connectivity index (χ1n) is 8.26. The van der Waals surface area contributed by atoms with Gasteiger partial charge in [-0.05, 0) is 18.9 Å². The molecule has 1 saturated carbocycles. The molecule has 1 aromatic carbocycles. The van der Waals surface area contributed by atoms with E-state index in [1.807, 2.05) is 24.3 Å². The number of H-pyrrole nitrogens is 1. The van der Waals surface area contributed by atoms with Crippen molar-refractivity contribution in [1.82, 2.24) is 20.0 Å². The molecule has 4 rings (SSSR count). The van der Waals surface area contributed by atoms with Gasteiger partial charge in [0.25, 0.3) is 0 Å². The number of para-hydroxylation sites is 1. The van der Waals surface area contributed by atoms with Crippen molar-refractivity contribution in [3.63, 3.8) is 0 Å². The fraction of sp³-hybridized carbons (Fsp3) is 0.294. The maximum absolute atomic E-state index is 12.2. The van der Waals surface area contributed by atoms with Crippen LogP contribution in [0, 0.1) is 5.92 Å². The van der Waals surface area contributed by atoms with Crippen LogP contribution in [0.25, 0.3) is 10.9 Å². The van der Waals surface area contributed by atoms with Gasteiger partial charge >= 0.3 is 0 Å². The molecule has 0 aliphatic heterocycles. The summed E-state index contributed by atoms with van der Waals surface area (Å²) in [5, 5.41) is 14.3. The smallest absolute Gasteiger partial charge is 0.246 e. The van der Waals surface area contributed by atoms with E-state index >= 15 is 0 Å². The van der Waals surface area contributed by atoms with Gasteiger partial charge in [-0.3, -0.25) is 9.59 Å². The Morgan fingerprint density at radius 3 is 2.88 bits per heavy atom. The summed E-state index contributed by atoms with van der Waals surface area (Å²) < 4.78 is 1.40. The largest absolute Gasteiger partial charge is 0.359 e. The van der Waals surface area contributed by atoms with E-state index in [1.165, 1.54) is 4.68 Å². The minimum absolute atomic E-state index is 0.0196. The van der Waals surface area contributed by atoms with Crippen LogP contribution in [-0.2, 0) is 16.1 Å². The van der Waals surface area contributed by atoms with Crippen molar-refractivity contribution in [1.29, 1.82) is 0 Å². The lowest BCUT2D eigenvalue weighted by atomic mass is 9.85. The molecular weight excluding hydrogens is 320 g/mol. The van der Waals surface area contributed by atoms with Crippen molar-refractivity contribution in [3.8, 4) is 0 Å². The first kappa shape index (κ1) is 15.4. The van der Waals surface area contributed by atoms with Crippen molar-refractivity contribution >= 4 is 34.2 Å². The van der Waals surface area contributed by atoms with Gasteiger partial charge in [-0.1, -0.05) is 29.8 Å². The molecule has 3 aromatic rings. The topological polar surface area (TPSA) is 105 Å². The molecule has 25 heavy (non-hydrogen) atoms. The Labute approximate surface area is 143 Å². The number of hydrogen-bond donors (Lipinski definition) is 3. The van der Waals surface area contributed by atoms with Gasteiger partial charge in [-0.2, -0.15) is 0 Å². The molecule has 128 valence electrons. The Hall–Kier alpha value is -3.16. The first-order chi connectivity index (χ1) is 12.2. The van der Waals surface area contributed by atoms with Crippen molar-refractivity contribution < 1.29 is 9.59 Å². The van der Waals surface area contributed by atoms with Crippen molar-refractivity contribution in [2.45, 2.75) is 25.8 Å². The number of carbonyl (C=O) groups excluding carboxylic acids is 2. The highest BCUT2D eigenvalue weighted by Gasteiger charge is 2.25. The van der Waals surface area contributed by atoms with Crippen LogP contribution in [0.15, 0.2) is 36.7 Å². The molecule has 8 heteroatoms. The van der Waals surface area contributed by atoms with Crippen LogP contribution in [0.2, 0.25) is 0 Å². The Morgan fingerprint density at radius 2 is 2.08 bits per heavy atom. The van der Waals surface area contributed by atoms with Crippen LogP contribution < -0.4 is 10.6 Å². The van der Waals surface area contributed by atoms with Gasteiger partial charge in [0, 0.05) is 23.0 Å². The molecule has 1 aliphatic rings. The van der Waals surface area contributed by atoms with Gasteiger partial charge in [0.2, 0.25) is 11.8 Å². The predicted molar refractivity (Wildman–Crippen MR) is 92.9 cm³/mol. The molecule has 2 amide bonds. The number of aromatic amines is 1. The molecule has 1 fully saturated rings. The van der Waals surface area contributed by atoms with Gasteiger partial charge in [0.05, 0.1) is 11.9 Å². The third-order valence-corrected chi connectivity index (χ3v) is 4.43. The Morgan fingerprint density at radius 1 is 1.24 bits per heavy atom. The molecule has 0 bridgehead atoms. The molecule has 3 N–H and O–H groups in total. The quantitative estimate of drug-likeness (QED) is 0.663. The summed E-state index contributed by atoms with van der Waals surface area (Å²) >= 11 is 0. The Balaban J connectivity index is 1.37. The molecule has 2 aromatic heterocycles. The number of carbonyl (C=O) groups is 2. The minimum Gasteiger partial charge on any atom is -0.359 e. The van der Waals surface area contributed by atoms with Crippen LogP contribution in [-0.4, -0.2) is 31.8 Å². The lowest BCUT2D eigenvalue weighted by molar-refractivity contribution is -0.122. The van der Waals surface area contributed by atoms with Gasteiger partial charge in [0.15, 0.2) is 5.82 Å². The molecule has 0 unspecified atom stereocenters. The number of amides is 2. The van der Waals surface area contributed by atoms with Crippen LogP contribution in [0.1, 0.15) is 19.3 Å². The predicted octanol–water partition coefficient (Wildman–Crippen LogP) is 2.14. The highest BCUT2D eigenvalue weighted by Crippen LogP contribution is 2.27. The SMILES string of the molecule is O=C(Cn1cc(NC(=O)C2CCC2)nn1)Nc1c[nH]c2ccccc12. The fourth-order valence-corrected chi connectivity index (χ4v) is 2.84. The Bertz CT molecular complexity index is 924. The zero-order valence-electron chi connectivity index (χ0n) is 13.5. The maximum Gasteiger partial charge on any atom is 0.246 e. The number of aromatic nitrogens is 4. The number of nitrogens with one attached hydrogen (secondary N) is 3. The summed E-state index contributed by atoms with van der Waals surface area (Å²) in [7, 11) is 0. The zero-order chi connectivity index (χ0) is 17.2. The second kappa shape index (κ2) is 6.39. The summed E-state index contributed by atoms with van der Waals surface area (Å²) in [5.41, 5.74) is 1.68. The van der Waals surface area contributed by atoms with Gasteiger partial charge in [-0.15, -0.1) is 5.10 Å². The van der Waals surface area contributed by atoms with Crippen LogP contribution in [0.4, 0.5) is 11.5 Å². The molecular formula is C17H18N6O2. The van der Waals surface area contributed by atoms with Crippen LogP contribution in [0.3, 0.4) is 0 Å². The highest BCUT2D eigenvalue weighted by atomic mass is 16.2. The van der Waals surface area contributed by atoms with E-state index in [2.05, 4.69) is 25.9 Å². The molecule has 0 atom stereocenters. The van der Waals surface area contributed by atoms with E-state index in [-0.39, 0.29) is 24.3 Å². The average molecular weight is 338 g/mol. The third-order valence-electron chi connectivity index (χ3n) is 4.43. The molecule has 0 saturated heterocycles. The monoisotopic (exact) mass is 338 g/mol. The number of hydrogen-bond acceptors (Lipinski definition) is 4. The van der Waals surface area contributed by atoms with Crippen molar-refractivity contribution in [2.24, 2.45) is 5.92 Å². The lowest BCUT2D eigenvalue weighted by Crippen LogP contribution is -2.28. The fourth-order valence-electron chi connectivity index (χ4n) is 2.84. The number of anilines is 2. The van der Waals surface area contributed by atoms with E-state index in [4.69, 9.17) is 0 Å². The lowest BCUT2D eigenvalue weighted by Gasteiger charge is -2.23. The third kappa shape index (κ3) is 3.23. The van der Waals surface area contributed by atoms with E-state index < -0.39 is 0 Å². The first-order valence-corrected chi connectivity index (χ1v) is 8.26. The van der Waals surface area contributed by atoms with Gasteiger partial charge < -0.3 is 15.6 Å². The van der Waals surface area contributed by atoms with Gasteiger partial charge in [0.1, 0.15) is 6.54 Å². The summed E-state index contributed by atoms with van der Waals surface area (Å²) in [6.45, 7) is 0.0196. The van der Waals surface area contributed by atoms with E-state index in [0.29, 0.717) is 5.82 Å². The maximum atomic E-state index is 12.2. The van der Waals surface area contributed by atoms with Crippen LogP contribution >= 0.6 is 0 Å². The Kier molecular flexibility index (Phi) is 3.93. The zero-order valence-corrected chi connectivity index (χ0v) is 13.5. The van der Waals surface area contributed by atoms with E-state index in [9.17, 15) is 9.59 Å². The molecule has 2 heterocycles. The van der Waals surface area contributed by atoms with E-state index in [1.54, 1.807) is 12.4 Å². The second-order valence-electron chi connectivity index (χ2n) is 6.21. The second-order valence-corrected chi connectivity index (χ2v) is 6.21. The van der Waals surface area contributed by atoms with E-state index in [0.717, 1.165) is 35.9 Å². The molecule has 0 spiro atoms. The number of rotatable bonds is 5. The normalized spacial score (nSPS) is 14.2. The van der Waals surface area contributed by atoms with Gasteiger partial charge in [-0.25, -0.2) is 4.68 Å². The molecule has 8 nitrogen and oxygen atoms in total. The van der Waals surface area contributed by atoms with Crippen LogP contribution in [0.5, 0.6) is 0 Å². The van der Waals surface area contributed by atoms with Crippen molar-refractivity contribution in [3.05, 3.63) is 36.7 Å². The summed E-state index contributed by atoms with van der Waals surface area (Å²) in [4.78, 5) is 27.2.